The zero-order chi connectivity index (χ0) is 6.85. The summed E-state index contributed by atoms with van der Waals surface area (Å²) in [5.74, 6) is 0. The fourth-order valence-corrected chi connectivity index (χ4v) is 0.932. The Hall–Kier alpha value is -0.570. The second-order valence-electron chi connectivity index (χ2n) is 2.45. The number of rotatable bonds is 1. The van der Waals surface area contributed by atoms with Crippen molar-refractivity contribution in [1.29, 1.82) is 0 Å². The van der Waals surface area contributed by atoms with Crippen LogP contribution in [-0.2, 0) is 0 Å². The van der Waals surface area contributed by atoms with Gasteiger partial charge >= 0.3 is 0 Å². The normalized spacial score (nSPS) is 26.8. The average molecular weight is 128 g/mol. The lowest BCUT2D eigenvalue weighted by molar-refractivity contribution is 0.303. The zero-order valence-electron chi connectivity index (χ0n) is 5.83. The van der Waals surface area contributed by atoms with Crippen LogP contribution in [0.4, 0.5) is 0 Å². The number of hydrogen-bond donors (Lipinski definition) is 1. The van der Waals surface area contributed by atoms with Gasteiger partial charge in [-0.3, -0.25) is 5.01 Å². The number of nitrogens with zero attached hydrogens (tertiary/aromatic N) is 2. The predicted molar refractivity (Wildman–Crippen MR) is 36.4 cm³/mol. The molecule has 1 aliphatic heterocycles. The van der Waals surface area contributed by atoms with Crippen LogP contribution >= 0.6 is 0 Å². The molecule has 0 bridgehead atoms. The van der Waals surface area contributed by atoms with E-state index in [1.54, 1.807) is 0 Å². The van der Waals surface area contributed by atoms with E-state index in [2.05, 4.69) is 12.0 Å². The minimum absolute atomic E-state index is 0.106. The summed E-state index contributed by atoms with van der Waals surface area (Å²) in [6.07, 6.45) is 0.910. The molecule has 1 unspecified atom stereocenters. The van der Waals surface area contributed by atoms with Crippen molar-refractivity contribution >= 4 is 5.71 Å². The van der Waals surface area contributed by atoms with Crippen LogP contribution in [0.1, 0.15) is 13.3 Å². The minimum atomic E-state index is 0.106. The molecule has 0 saturated heterocycles. The lowest BCUT2D eigenvalue weighted by atomic mass is 10.2. The third kappa shape index (κ3) is 1.21. The minimum Gasteiger partial charge on any atom is -0.390 e. The molecule has 1 N–H and O–H groups in total. The monoisotopic (exact) mass is 128 g/mol. The van der Waals surface area contributed by atoms with Gasteiger partial charge in [0.05, 0.1) is 12.3 Å². The van der Waals surface area contributed by atoms with E-state index in [-0.39, 0.29) is 6.61 Å². The van der Waals surface area contributed by atoms with E-state index in [1.807, 2.05) is 12.1 Å². The van der Waals surface area contributed by atoms with E-state index >= 15 is 0 Å². The van der Waals surface area contributed by atoms with E-state index in [0.717, 1.165) is 12.1 Å². The van der Waals surface area contributed by atoms with Gasteiger partial charge in [-0.25, -0.2) is 0 Å². The molecule has 0 aliphatic carbocycles. The second kappa shape index (κ2) is 2.35. The quantitative estimate of drug-likeness (QED) is 0.542. The topological polar surface area (TPSA) is 35.8 Å². The summed E-state index contributed by atoms with van der Waals surface area (Å²) < 4.78 is 0. The summed E-state index contributed by atoms with van der Waals surface area (Å²) in [6, 6.07) is 0.465. The van der Waals surface area contributed by atoms with Crippen molar-refractivity contribution < 1.29 is 5.11 Å². The van der Waals surface area contributed by atoms with E-state index in [4.69, 9.17) is 5.11 Å². The first-order chi connectivity index (χ1) is 4.24. The maximum Gasteiger partial charge on any atom is 0.0832 e. The first-order valence-corrected chi connectivity index (χ1v) is 3.14. The Labute approximate surface area is 55.0 Å². The number of aliphatic hydroxyl groups is 1. The van der Waals surface area contributed by atoms with Gasteiger partial charge in [0, 0.05) is 19.5 Å². The molecule has 3 nitrogen and oxygen atoms in total. The first kappa shape index (κ1) is 6.55. The highest BCUT2D eigenvalue weighted by Crippen LogP contribution is 2.10. The van der Waals surface area contributed by atoms with Gasteiger partial charge < -0.3 is 5.11 Å². The molecule has 0 saturated carbocycles. The molecule has 3 heteroatoms. The largest absolute Gasteiger partial charge is 0.390 e. The van der Waals surface area contributed by atoms with Crippen molar-refractivity contribution in [1.82, 2.24) is 5.01 Å². The molecule has 1 atom stereocenters. The van der Waals surface area contributed by atoms with Gasteiger partial charge in [0.1, 0.15) is 0 Å². The number of aliphatic hydroxyl groups excluding tert-OH is 1. The highest BCUT2D eigenvalue weighted by molar-refractivity contribution is 5.86. The second-order valence-corrected chi connectivity index (χ2v) is 2.45. The average Bonchev–Trinajstić information content (AvgIpc) is 2.13. The Morgan fingerprint density at radius 1 is 1.89 bits per heavy atom. The summed E-state index contributed by atoms with van der Waals surface area (Å²) in [7, 11) is 1.92. The molecule has 0 amide bonds. The molecule has 1 heterocycles. The zero-order valence-corrected chi connectivity index (χ0v) is 5.83. The van der Waals surface area contributed by atoms with Crippen LogP contribution in [0, 0.1) is 0 Å². The Kier molecular flexibility index (Phi) is 1.71. The maximum absolute atomic E-state index is 8.64. The molecule has 52 valence electrons. The molecular weight excluding hydrogens is 116 g/mol. The van der Waals surface area contributed by atoms with Gasteiger partial charge in [-0.2, -0.15) is 5.10 Å². The Morgan fingerprint density at radius 2 is 2.56 bits per heavy atom. The van der Waals surface area contributed by atoms with Crippen LogP contribution < -0.4 is 0 Å². The van der Waals surface area contributed by atoms with Crippen LogP contribution in [0.25, 0.3) is 0 Å². The van der Waals surface area contributed by atoms with Crippen molar-refractivity contribution in [2.45, 2.75) is 19.4 Å². The van der Waals surface area contributed by atoms with Gasteiger partial charge in [0.25, 0.3) is 0 Å². The standard InChI is InChI=1S/C6H12N2O/c1-5-3-6(4-9)7-8(5)2/h5,9H,3-4H2,1-2H3. The first-order valence-electron chi connectivity index (χ1n) is 3.14. The Bertz CT molecular complexity index is 133. The maximum atomic E-state index is 8.64. The van der Waals surface area contributed by atoms with Crippen molar-refractivity contribution in [2.75, 3.05) is 13.7 Å². The van der Waals surface area contributed by atoms with Crippen molar-refractivity contribution in [3.8, 4) is 0 Å². The summed E-state index contributed by atoms with van der Waals surface area (Å²) in [6.45, 7) is 2.20. The van der Waals surface area contributed by atoms with E-state index in [0.29, 0.717) is 6.04 Å². The molecule has 0 aromatic rings. The lowest BCUT2D eigenvalue weighted by Crippen LogP contribution is -2.17. The highest BCUT2D eigenvalue weighted by Gasteiger charge is 2.17. The van der Waals surface area contributed by atoms with Gasteiger partial charge in [-0.1, -0.05) is 0 Å². The van der Waals surface area contributed by atoms with Crippen LogP contribution in [-0.4, -0.2) is 35.5 Å². The number of hydrazone groups is 1. The predicted octanol–water partition coefficient (Wildman–Crippen LogP) is 0.0587. The van der Waals surface area contributed by atoms with Crippen molar-refractivity contribution in [2.24, 2.45) is 5.10 Å². The fraction of sp³-hybridized carbons (Fsp3) is 0.833. The van der Waals surface area contributed by atoms with Gasteiger partial charge in [0.15, 0.2) is 0 Å². The van der Waals surface area contributed by atoms with Crippen LogP contribution in [0.15, 0.2) is 5.10 Å². The van der Waals surface area contributed by atoms with E-state index in [1.165, 1.54) is 0 Å². The van der Waals surface area contributed by atoms with Crippen LogP contribution in [0.5, 0.6) is 0 Å². The van der Waals surface area contributed by atoms with Crippen LogP contribution in [0.2, 0.25) is 0 Å². The molecule has 0 radical (unpaired) electrons. The van der Waals surface area contributed by atoms with E-state index in [9.17, 15) is 0 Å². The van der Waals surface area contributed by atoms with E-state index < -0.39 is 0 Å². The van der Waals surface area contributed by atoms with Crippen LogP contribution in [0.3, 0.4) is 0 Å². The fourth-order valence-electron chi connectivity index (χ4n) is 0.932. The third-order valence-corrected chi connectivity index (χ3v) is 1.65. The molecule has 0 aromatic heterocycles. The smallest absolute Gasteiger partial charge is 0.0832 e. The Balaban J connectivity index is 2.52. The number of hydrogen-bond acceptors (Lipinski definition) is 3. The van der Waals surface area contributed by atoms with Gasteiger partial charge in [-0.05, 0) is 6.92 Å². The highest BCUT2D eigenvalue weighted by atomic mass is 16.3. The lowest BCUT2D eigenvalue weighted by Gasteiger charge is -2.11. The molecule has 0 spiro atoms. The summed E-state index contributed by atoms with van der Waals surface area (Å²) in [5, 5.41) is 14.6. The van der Waals surface area contributed by atoms with Crippen molar-refractivity contribution in [3.63, 3.8) is 0 Å². The van der Waals surface area contributed by atoms with Gasteiger partial charge in [-0.15, -0.1) is 0 Å². The molecule has 0 aromatic carbocycles. The molecule has 9 heavy (non-hydrogen) atoms. The SMILES string of the molecule is CC1CC(CO)=NN1C. The molecule has 1 rings (SSSR count). The molecule has 1 aliphatic rings. The Morgan fingerprint density at radius 3 is 2.78 bits per heavy atom. The van der Waals surface area contributed by atoms with Gasteiger partial charge in [0.2, 0.25) is 0 Å². The summed E-state index contributed by atoms with van der Waals surface area (Å²) in [4.78, 5) is 0. The summed E-state index contributed by atoms with van der Waals surface area (Å²) >= 11 is 0. The van der Waals surface area contributed by atoms with Crippen molar-refractivity contribution in [3.05, 3.63) is 0 Å². The summed E-state index contributed by atoms with van der Waals surface area (Å²) in [5.41, 5.74) is 0.894. The molecular formula is C6H12N2O. The molecule has 0 fully saturated rings. The third-order valence-electron chi connectivity index (χ3n) is 1.65.